The lowest BCUT2D eigenvalue weighted by molar-refractivity contribution is -0.117. The van der Waals surface area contributed by atoms with E-state index >= 15 is 0 Å². The lowest BCUT2D eigenvalue weighted by atomic mass is 10.1. The van der Waals surface area contributed by atoms with Gasteiger partial charge in [0.15, 0.2) is 17.3 Å². The standard InChI is InChI=1S/C18H16N4O5/c1-10(23)12-6-15-16(27-9-26-15)7-13(12)19-17(24)8-22-18(25)14-4-3-5-21(14)11(2)20-22/h3-7H,8-9H2,1-2H3,(H,19,24). The molecule has 4 rings (SSSR count). The molecule has 1 aliphatic rings. The summed E-state index contributed by atoms with van der Waals surface area (Å²) in [5.74, 6) is 0.752. The molecule has 0 unspecified atom stereocenters. The van der Waals surface area contributed by atoms with Gasteiger partial charge < -0.3 is 14.8 Å². The summed E-state index contributed by atoms with van der Waals surface area (Å²) in [4.78, 5) is 36.9. The van der Waals surface area contributed by atoms with Crippen LogP contribution in [0.4, 0.5) is 5.69 Å². The fraction of sp³-hybridized carbons (Fsp3) is 0.222. The fourth-order valence-electron chi connectivity index (χ4n) is 3.01. The number of hydrogen-bond donors (Lipinski definition) is 1. The average molecular weight is 368 g/mol. The smallest absolute Gasteiger partial charge is 0.291 e. The summed E-state index contributed by atoms with van der Waals surface area (Å²) in [5.41, 5.74) is 0.650. The normalized spacial score (nSPS) is 12.4. The third-order valence-corrected chi connectivity index (χ3v) is 4.28. The number of hydrogen-bond acceptors (Lipinski definition) is 6. The van der Waals surface area contributed by atoms with Crippen molar-refractivity contribution in [1.29, 1.82) is 0 Å². The van der Waals surface area contributed by atoms with Crippen molar-refractivity contribution in [3.05, 3.63) is 52.2 Å². The molecule has 0 saturated heterocycles. The van der Waals surface area contributed by atoms with Gasteiger partial charge in [-0.15, -0.1) is 0 Å². The number of carbonyl (C=O) groups excluding carboxylic acids is 2. The van der Waals surface area contributed by atoms with Crippen molar-refractivity contribution in [2.45, 2.75) is 20.4 Å². The zero-order valence-corrected chi connectivity index (χ0v) is 14.7. The average Bonchev–Trinajstić information content (AvgIpc) is 3.27. The maximum atomic E-state index is 12.5. The molecule has 138 valence electrons. The van der Waals surface area contributed by atoms with E-state index in [9.17, 15) is 14.4 Å². The number of benzene rings is 1. The van der Waals surface area contributed by atoms with Gasteiger partial charge in [0, 0.05) is 17.8 Å². The van der Waals surface area contributed by atoms with Gasteiger partial charge in [0.2, 0.25) is 12.7 Å². The Hall–Kier alpha value is -3.62. The highest BCUT2D eigenvalue weighted by atomic mass is 16.7. The van der Waals surface area contributed by atoms with E-state index in [0.717, 1.165) is 4.68 Å². The van der Waals surface area contributed by atoms with E-state index in [1.54, 1.807) is 29.7 Å². The number of nitrogens with one attached hydrogen (secondary N) is 1. The molecule has 27 heavy (non-hydrogen) atoms. The number of aromatic nitrogens is 3. The van der Waals surface area contributed by atoms with Crippen LogP contribution in [0.15, 0.2) is 35.3 Å². The summed E-state index contributed by atoms with van der Waals surface area (Å²) in [6, 6.07) is 6.47. The minimum absolute atomic E-state index is 0.0556. The Labute approximate surface area is 153 Å². The Morgan fingerprint density at radius 3 is 2.74 bits per heavy atom. The van der Waals surface area contributed by atoms with Gasteiger partial charge >= 0.3 is 0 Å². The van der Waals surface area contributed by atoms with Gasteiger partial charge in [-0.25, -0.2) is 4.68 Å². The van der Waals surface area contributed by atoms with E-state index in [2.05, 4.69) is 10.4 Å². The van der Waals surface area contributed by atoms with Gasteiger partial charge in [0.25, 0.3) is 5.56 Å². The van der Waals surface area contributed by atoms with E-state index in [0.29, 0.717) is 34.1 Å². The number of anilines is 1. The second-order valence-corrected chi connectivity index (χ2v) is 6.13. The number of ether oxygens (including phenoxy) is 2. The molecule has 0 saturated carbocycles. The largest absolute Gasteiger partial charge is 0.454 e. The van der Waals surface area contributed by atoms with Crippen molar-refractivity contribution >= 4 is 22.9 Å². The van der Waals surface area contributed by atoms with Gasteiger partial charge in [0.05, 0.1) is 5.69 Å². The van der Waals surface area contributed by atoms with Crippen molar-refractivity contribution in [2.75, 3.05) is 12.1 Å². The molecule has 1 amide bonds. The second kappa shape index (κ2) is 6.27. The summed E-state index contributed by atoms with van der Waals surface area (Å²) in [5, 5.41) is 6.82. The molecule has 0 radical (unpaired) electrons. The van der Waals surface area contributed by atoms with Gasteiger partial charge in [-0.2, -0.15) is 5.10 Å². The SMILES string of the molecule is CC(=O)c1cc2c(cc1NC(=O)Cn1nc(C)n3cccc3c1=O)OCO2. The number of nitrogens with zero attached hydrogens (tertiary/aromatic N) is 3. The van der Waals surface area contributed by atoms with Crippen LogP contribution in [0.25, 0.3) is 5.52 Å². The zero-order chi connectivity index (χ0) is 19.1. The second-order valence-electron chi connectivity index (χ2n) is 6.13. The third-order valence-electron chi connectivity index (χ3n) is 4.28. The first-order chi connectivity index (χ1) is 12.9. The molecule has 0 spiro atoms. The van der Waals surface area contributed by atoms with Crippen LogP contribution in [-0.4, -0.2) is 32.7 Å². The van der Waals surface area contributed by atoms with Crippen molar-refractivity contribution < 1.29 is 19.1 Å². The monoisotopic (exact) mass is 368 g/mol. The summed E-state index contributed by atoms with van der Waals surface area (Å²) in [7, 11) is 0. The number of fused-ring (bicyclic) bond motifs is 2. The lowest BCUT2D eigenvalue weighted by Gasteiger charge is -2.12. The van der Waals surface area contributed by atoms with Gasteiger partial charge in [-0.05, 0) is 32.0 Å². The molecule has 0 atom stereocenters. The Morgan fingerprint density at radius 1 is 1.26 bits per heavy atom. The number of carbonyl (C=O) groups is 2. The van der Waals surface area contributed by atoms with Crippen molar-refractivity contribution in [3.8, 4) is 11.5 Å². The Kier molecular flexibility index (Phi) is 3.91. The highest BCUT2D eigenvalue weighted by Crippen LogP contribution is 2.37. The number of Topliss-reactive ketones (excluding diaryl/α,β-unsaturated/α-hetero) is 1. The molecule has 0 fully saturated rings. The van der Waals surface area contributed by atoms with Crippen LogP contribution in [-0.2, 0) is 11.3 Å². The fourth-order valence-corrected chi connectivity index (χ4v) is 3.01. The molecule has 0 bridgehead atoms. The predicted octanol–water partition coefficient (Wildman–Crippen LogP) is 1.37. The molecule has 1 aromatic carbocycles. The van der Waals surface area contributed by atoms with Gasteiger partial charge in [-0.1, -0.05) is 0 Å². The first-order valence-corrected chi connectivity index (χ1v) is 8.23. The van der Waals surface area contributed by atoms with E-state index in [1.807, 2.05) is 0 Å². The lowest BCUT2D eigenvalue weighted by Crippen LogP contribution is -2.31. The van der Waals surface area contributed by atoms with Crippen LogP contribution in [0.5, 0.6) is 11.5 Å². The molecular weight excluding hydrogens is 352 g/mol. The zero-order valence-electron chi connectivity index (χ0n) is 14.7. The first kappa shape index (κ1) is 16.8. The molecule has 9 heteroatoms. The quantitative estimate of drug-likeness (QED) is 0.698. The predicted molar refractivity (Wildman–Crippen MR) is 95.4 cm³/mol. The van der Waals surface area contributed by atoms with E-state index in [-0.39, 0.29) is 24.7 Å². The molecule has 2 aromatic heterocycles. The highest BCUT2D eigenvalue weighted by molar-refractivity contribution is 6.04. The summed E-state index contributed by atoms with van der Waals surface area (Å²) >= 11 is 0. The van der Waals surface area contributed by atoms with E-state index in [1.165, 1.54) is 19.1 Å². The summed E-state index contributed by atoms with van der Waals surface area (Å²) in [6.45, 7) is 2.91. The minimum atomic E-state index is -0.485. The molecular formula is C18H16N4O5. The topological polar surface area (TPSA) is 104 Å². The first-order valence-electron chi connectivity index (χ1n) is 8.23. The van der Waals surface area contributed by atoms with Crippen LogP contribution < -0.4 is 20.3 Å². The molecule has 9 nitrogen and oxygen atoms in total. The maximum absolute atomic E-state index is 12.5. The van der Waals surface area contributed by atoms with Crippen LogP contribution in [0, 0.1) is 6.92 Å². The Bertz CT molecular complexity index is 1140. The summed E-state index contributed by atoms with van der Waals surface area (Å²) in [6.07, 6.45) is 1.73. The Balaban J connectivity index is 1.63. The molecule has 0 aliphatic carbocycles. The van der Waals surface area contributed by atoms with Crippen molar-refractivity contribution in [2.24, 2.45) is 0 Å². The minimum Gasteiger partial charge on any atom is -0.454 e. The van der Waals surface area contributed by atoms with Gasteiger partial charge in [-0.3, -0.25) is 18.8 Å². The van der Waals surface area contributed by atoms with Crippen LogP contribution in [0.3, 0.4) is 0 Å². The number of amides is 1. The number of ketones is 1. The molecule has 1 aliphatic heterocycles. The van der Waals surface area contributed by atoms with Crippen molar-refractivity contribution in [1.82, 2.24) is 14.2 Å². The van der Waals surface area contributed by atoms with E-state index in [4.69, 9.17) is 9.47 Å². The van der Waals surface area contributed by atoms with E-state index < -0.39 is 5.91 Å². The van der Waals surface area contributed by atoms with Gasteiger partial charge in [0.1, 0.15) is 17.9 Å². The number of rotatable bonds is 4. The number of aryl methyl sites for hydroxylation is 1. The van der Waals surface area contributed by atoms with Crippen LogP contribution >= 0.6 is 0 Å². The van der Waals surface area contributed by atoms with Crippen LogP contribution in [0.1, 0.15) is 23.1 Å². The van der Waals surface area contributed by atoms with Crippen molar-refractivity contribution in [3.63, 3.8) is 0 Å². The Morgan fingerprint density at radius 2 is 2.00 bits per heavy atom. The van der Waals surface area contributed by atoms with Crippen LogP contribution in [0.2, 0.25) is 0 Å². The maximum Gasteiger partial charge on any atom is 0.291 e. The summed E-state index contributed by atoms with van der Waals surface area (Å²) < 4.78 is 13.3. The molecule has 3 aromatic rings. The molecule has 3 heterocycles. The third kappa shape index (κ3) is 2.92. The molecule has 1 N–H and O–H groups in total. The highest BCUT2D eigenvalue weighted by Gasteiger charge is 2.21.